The highest BCUT2D eigenvalue weighted by Crippen LogP contribution is 2.20. The van der Waals surface area contributed by atoms with Gasteiger partial charge in [-0.3, -0.25) is 4.99 Å². The molecular weight excluding hydrogens is 291 g/mol. The lowest BCUT2D eigenvalue weighted by Gasteiger charge is -2.02. The Morgan fingerprint density at radius 3 is 2.21 bits per heavy atom. The molecule has 19 heavy (non-hydrogen) atoms. The SMILES string of the molecule is Fc1cccc(Cl)c1C=NCc1c(F)cccc1Cl. The average Bonchev–Trinajstić information content (AvgIpc) is 2.36. The summed E-state index contributed by atoms with van der Waals surface area (Å²) in [6, 6.07) is 8.73. The summed E-state index contributed by atoms with van der Waals surface area (Å²) in [5, 5.41) is 0.542. The molecule has 0 bridgehead atoms. The zero-order valence-corrected chi connectivity index (χ0v) is 11.2. The van der Waals surface area contributed by atoms with Crippen molar-refractivity contribution in [2.45, 2.75) is 6.54 Å². The predicted molar refractivity (Wildman–Crippen MR) is 74.1 cm³/mol. The summed E-state index contributed by atoms with van der Waals surface area (Å²) in [6.07, 6.45) is 1.28. The third kappa shape index (κ3) is 3.31. The molecule has 0 unspecified atom stereocenters. The molecule has 0 aliphatic rings. The molecular formula is C14H9Cl2F2N. The number of hydrogen-bond acceptors (Lipinski definition) is 1. The van der Waals surface area contributed by atoms with E-state index in [1.807, 2.05) is 0 Å². The second kappa shape index (κ2) is 6.13. The lowest BCUT2D eigenvalue weighted by atomic mass is 10.2. The molecule has 0 radical (unpaired) electrons. The number of rotatable bonds is 3. The molecule has 2 aromatic rings. The van der Waals surface area contributed by atoms with E-state index >= 15 is 0 Å². The lowest BCUT2D eigenvalue weighted by Crippen LogP contribution is -1.93. The Labute approximate surface area is 119 Å². The first kappa shape index (κ1) is 14.0. The summed E-state index contributed by atoms with van der Waals surface area (Å²) in [4.78, 5) is 3.98. The van der Waals surface area contributed by atoms with E-state index < -0.39 is 11.6 Å². The van der Waals surface area contributed by atoms with Crippen LogP contribution in [0.25, 0.3) is 0 Å². The molecule has 2 rings (SSSR count). The van der Waals surface area contributed by atoms with Crippen molar-refractivity contribution in [2.24, 2.45) is 4.99 Å². The maximum Gasteiger partial charge on any atom is 0.133 e. The van der Waals surface area contributed by atoms with Crippen molar-refractivity contribution in [1.29, 1.82) is 0 Å². The first-order chi connectivity index (χ1) is 9.09. The number of benzene rings is 2. The van der Waals surface area contributed by atoms with Crippen molar-refractivity contribution in [3.8, 4) is 0 Å². The Morgan fingerprint density at radius 2 is 1.58 bits per heavy atom. The predicted octanol–water partition coefficient (Wildman–Crippen LogP) is 4.89. The number of hydrogen-bond donors (Lipinski definition) is 0. The molecule has 1 nitrogen and oxygen atoms in total. The first-order valence-corrected chi connectivity index (χ1v) is 6.22. The van der Waals surface area contributed by atoms with Crippen LogP contribution in [0.15, 0.2) is 41.4 Å². The fourth-order valence-electron chi connectivity index (χ4n) is 1.55. The summed E-state index contributed by atoms with van der Waals surface area (Å²) >= 11 is 11.7. The van der Waals surface area contributed by atoms with Crippen molar-refractivity contribution in [3.05, 3.63) is 69.2 Å². The number of nitrogens with zero attached hydrogens (tertiary/aromatic N) is 1. The van der Waals surface area contributed by atoms with E-state index in [0.717, 1.165) is 0 Å². The van der Waals surface area contributed by atoms with Crippen LogP contribution in [0.4, 0.5) is 8.78 Å². The van der Waals surface area contributed by atoms with E-state index in [2.05, 4.69) is 4.99 Å². The van der Waals surface area contributed by atoms with Gasteiger partial charge in [0, 0.05) is 22.4 Å². The van der Waals surface area contributed by atoms with Crippen LogP contribution in [0.2, 0.25) is 10.0 Å². The third-order valence-electron chi connectivity index (χ3n) is 2.53. The second-order valence-electron chi connectivity index (χ2n) is 3.81. The fourth-order valence-corrected chi connectivity index (χ4v) is 1.98. The van der Waals surface area contributed by atoms with Crippen molar-refractivity contribution in [1.82, 2.24) is 0 Å². The molecule has 2 aromatic carbocycles. The van der Waals surface area contributed by atoms with E-state index in [1.165, 1.54) is 30.5 Å². The molecule has 0 N–H and O–H groups in total. The quantitative estimate of drug-likeness (QED) is 0.716. The summed E-state index contributed by atoms with van der Waals surface area (Å²) in [7, 11) is 0. The Morgan fingerprint density at radius 1 is 0.947 bits per heavy atom. The second-order valence-corrected chi connectivity index (χ2v) is 4.62. The van der Waals surface area contributed by atoms with Crippen LogP contribution in [0, 0.1) is 11.6 Å². The molecule has 0 heterocycles. The van der Waals surface area contributed by atoms with Crippen molar-refractivity contribution < 1.29 is 8.78 Å². The van der Waals surface area contributed by atoms with Crippen LogP contribution in [0.5, 0.6) is 0 Å². The Hall–Kier alpha value is -1.45. The van der Waals surface area contributed by atoms with E-state index in [9.17, 15) is 8.78 Å². The fraction of sp³-hybridized carbons (Fsp3) is 0.0714. The first-order valence-electron chi connectivity index (χ1n) is 5.46. The monoisotopic (exact) mass is 299 g/mol. The highest BCUT2D eigenvalue weighted by molar-refractivity contribution is 6.33. The molecule has 0 aliphatic carbocycles. The Kier molecular flexibility index (Phi) is 4.51. The minimum absolute atomic E-state index is 0.0240. The lowest BCUT2D eigenvalue weighted by molar-refractivity contribution is 0.611. The topological polar surface area (TPSA) is 12.4 Å². The molecule has 0 saturated heterocycles. The summed E-state index contributed by atoms with van der Waals surface area (Å²) in [6.45, 7) is 0.0240. The van der Waals surface area contributed by atoms with Crippen molar-refractivity contribution in [2.75, 3.05) is 0 Å². The van der Waals surface area contributed by atoms with Crippen LogP contribution in [0.1, 0.15) is 11.1 Å². The van der Waals surface area contributed by atoms with Crippen LogP contribution in [-0.2, 0) is 6.54 Å². The van der Waals surface area contributed by atoms with Crippen molar-refractivity contribution in [3.63, 3.8) is 0 Å². The van der Waals surface area contributed by atoms with Crippen molar-refractivity contribution >= 4 is 29.4 Å². The van der Waals surface area contributed by atoms with Crippen LogP contribution in [0.3, 0.4) is 0 Å². The zero-order chi connectivity index (χ0) is 13.8. The maximum atomic E-state index is 13.5. The molecule has 0 spiro atoms. The Bertz CT molecular complexity index is 586. The van der Waals surface area contributed by atoms with Gasteiger partial charge in [0.25, 0.3) is 0 Å². The Balaban J connectivity index is 2.21. The molecule has 0 amide bonds. The molecule has 0 atom stereocenters. The smallest absolute Gasteiger partial charge is 0.133 e. The molecule has 0 aliphatic heterocycles. The summed E-state index contributed by atoms with van der Waals surface area (Å²) < 4.78 is 26.9. The minimum atomic E-state index is -0.476. The molecule has 0 fully saturated rings. The van der Waals surface area contributed by atoms with Gasteiger partial charge in [-0.15, -0.1) is 0 Å². The van der Waals surface area contributed by atoms with Crippen LogP contribution in [-0.4, -0.2) is 6.21 Å². The van der Waals surface area contributed by atoms with Gasteiger partial charge in [-0.1, -0.05) is 35.3 Å². The molecule has 0 saturated carbocycles. The third-order valence-corrected chi connectivity index (χ3v) is 3.21. The molecule has 0 aromatic heterocycles. The number of aliphatic imine (C=N–C) groups is 1. The minimum Gasteiger partial charge on any atom is -0.287 e. The van der Waals surface area contributed by atoms with Gasteiger partial charge in [0.1, 0.15) is 11.6 Å². The van der Waals surface area contributed by atoms with Gasteiger partial charge in [0.15, 0.2) is 0 Å². The highest BCUT2D eigenvalue weighted by atomic mass is 35.5. The van der Waals surface area contributed by atoms with E-state index in [0.29, 0.717) is 0 Å². The van der Waals surface area contributed by atoms with Crippen LogP contribution >= 0.6 is 23.2 Å². The van der Waals surface area contributed by atoms with E-state index in [-0.39, 0.29) is 27.7 Å². The highest BCUT2D eigenvalue weighted by Gasteiger charge is 2.06. The van der Waals surface area contributed by atoms with E-state index in [1.54, 1.807) is 12.1 Å². The standard InChI is InChI=1S/C14H9Cl2F2N/c15-11-3-1-5-13(17)9(11)7-19-8-10-12(16)4-2-6-14(10)18/h1-7H,8H2. The normalized spacial score (nSPS) is 11.2. The van der Waals surface area contributed by atoms with Crippen LogP contribution < -0.4 is 0 Å². The summed E-state index contributed by atoms with van der Waals surface area (Å²) in [5.41, 5.74) is 0.449. The largest absolute Gasteiger partial charge is 0.287 e. The van der Waals surface area contributed by atoms with Gasteiger partial charge < -0.3 is 0 Å². The molecule has 98 valence electrons. The molecule has 5 heteroatoms. The van der Waals surface area contributed by atoms with Gasteiger partial charge in [-0.05, 0) is 24.3 Å². The van der Waals surface area contributed by atoms with Gasteiger partial charge in [0.2, 0.25) is 0 Å². The van der Waals surface area contributed by atoms with Gasteiger partial charge in [0.05, 0.1) is 11.6 Å². The van der Waals surface area contributed by atoms with Gasteiger partial charge in [-0.2, -0.15) is 0 Å². The van der Waals surface area contributed by atoms with Gasteiger partial charge in [-0.25, -0.2) is 8.78 Å². The van der Waals surface area contributed by atoms with E-state index in [4.69, 9.17) is 23.2 Å². The zero-order valence-electron chi connectivity index (χ0n) is 9.71. The number of halogens is 4. The maximum absolute atomic E-state index is 13.5. The van der Waals surface area contributed by atoms with Gasteiger partial charge >= 0.3 is 0 Å². The average molecular weight is 300 g/mol. The summed E-state index contributed by atoms with van der Waals surface area (Å²) in [5.74, 6) is -0.917.